The molecule has 2 aromatic rings. The third kappa shape index (κ3) is 2.43. The molecule has 0 atom stereocenters. The topological polar surface area (TPSA) is 55.4 Å². The van der Waals surface area contributed by atoms with Crippen LogP contribution in [0.1, 0.15) is 26.3 Å². The van der Waals surface area contributed by atoms with Crippen LogP contribution in [0.15, 0.2) is 54.2 Å². The van der Waals surface area contributed by atoms with Crippen molar-refractivity contribution in [2.24, 2.45) is 0 Å². The predicted octanol–water partition coefficient (Wildman–Crippen LogP) is 2.66. The molecule has 2 aromatic carbocycles. The Balaban J connectivity index is 1.83. The molecule has 0 aliphatic heterocycles. The van der Waals surface area contributed by atoms with Gasteiger partial charge in [0.15, 0.2) is 0 Å². The number of hydrogen-bond donors (Lipinski definition) is 1. The van der Waals surface area contributed by atoms with E-state index in [1.807, 2.05) is 6.07 Å². The highest BCUT2D eigenvalue weighted by Gasteiger charge is 2.24. The van der Waals surface area contributed by atoms with Gasteiger partial charge in [0.05, 0.1) is 12.8 Å². The highest BCUT2D eigenvalue weighted by atomic mass is 16.5. The first kappa shape index (κ1) is 13.1. The lowest BCUT2D eigenvalue weighted by Crippen LogP contribution is -2.25. The van der Waals surface area contributed by atoms with Gasteiger partial charge in [0.1, 0.15) is 5.75 Å². The second-order valence-corrected chi connectivity index (χ2v) is 4.66. The van der Waals surface area contributed by atoms with Crippen LogP contribution in [0.4, 0.5) is 0 Å². The van der Waals surface area contributed by atoms with Crippen LogP contribution in [0.5, 0.6) is 5.75 Å². The van der Waals surface area contributed by atoms with Crippen LogP contribution < -0.4 is 10.1 Å². The summed E-state index contributed by atoms with van der Waals surface area (Å²) in [6.45, 7) is 0. The van der Waals surface area contributed by atoms with Crippen molar-refractivity contribution in [3.63, 3.8) is 0 Å². The number of fused-ring (bicyclic) bond motifs is 1. The number of ketones is 1. The lowest BCUT2D eigenvalue weighted by molar-refractivity contribution is 0.0935. The second-order valence-electron chi connectivity index (χ2n) is 4.66. The summed E-state index contributed by atoms with van der Waals surface area (Å²) in [7, 11) is 1.55. The fraction of sp³-hybridized carbons (Fsp3) is 0.0588. The van der Waals surface area contributed by atoms with Crippen molar-refractivity contribution >= 4 is 17.8 Å². The van der Waals surface area contributed by atoms with E-state index in [0.29, 0.717) is 16.9 Å². The Morgan fingerprint density at radius 2 is 1.86 bits per heavy atom. The quantitative estimate of drug-likeness (QED) is 0.939. The third-order valence-corrected chi connectivity index (χ3v) is 3.33. The SMILES string of the molecule is COc1ccc2c(c1)C(=O)C(NC(=O)c1ccccc1)=C2. The summed E-state index contributed by atoms with van der Waals surface area (Å²) in [4.78, 5) is 24.4. The average molecular weight is 279 g/mol. The van der Waals surface area contributed by atoms with E-state index in [4.69, 9.17) is 4.74 Å². The van der Waals surface area contributed by atoms with Gasteiger partial charge in [-0.1, -0.05) is 24.3 Å². The van der Waals surface area contributed by atoms with Crippen LogP contribution in [0.25, 0.3) is 6.08 Å². The van der Waals surface area contributed by atoms with Gasteiger partial charge in [-0.3, -0.25) is 9.59 Å². The zero-order valence-corrected chi connectivity index (χ0v) is 11.4. The van der Waals surface area contributed by atoms with Crippen molar-refractivity contribution in [1.82, 2.24) is 5.32 Å². The summed E-state index contributed by atoms with van der Waals surface area (Å²) in [5.74, 6) is 0.120. The van der Waals surface area contributed by atoms with Gasteiger partial charge in [-0.15, -0.1) is 0 Å². The van der Waals surface area contributed by atoms with Gasteiger partial charge in [0.2, 0.25) is 5.78 Å². The Morgan fingerprint density at radius 3 is 2.57 bits per heavy atom. The van der Waals surface area contributed by atoms with Crippen LogP contribution in [-0.4, -0.2) is 18.8 Å². The summed E-state index contributed by atoms with van der Waals surface area (Å²) in [6.07, 6.45) is 1.68. The van der Waals surface area contributed by atoms with E-state index in [1.165, 1.54) is 0 Å². The Bertz CT molecular complexity index is 748. The molecule has 0 saturated carbocycles. The number of methoxy groups -OCH3 is 1. The molecule has 1 amide bonds. The standard InChI is InChI=1S/C17H13NO3/c1-21-13-8-7-12-9-15(16(19)14(12)10-13)18-17(20)11-5-3-2-4-6-11/h2-10H,1H3,(H,18,19,20). The van der Waals surface area contributed by atoms with Crippen molar-refractivity contribution in [2.75, 3.05) is 7.11 Å². The van der Waals surface area contributed by atoms with Crippen LogP contribution in [0, 0.1) is 0 Å². The summed E-state index contributed by atoms with van der Waals surface area (Å²) in [5.41, 5.74) is 2.12. The molecule has 0 aromatic heterocycles. The molecule has 3 rings (SSSR count). The number of allylic oxidation sites excluding steroid dienone is 1. The average Bonchev–Trinajstić information content (AvgIpc) is 2.84. The molecule has 4 nitrogen and oxygen atoms in total. The highest BCUT2D eigenvalue weighted by Crippen LogP contribution is 2.27. The molecule has 4 heteroatoms. The summed E-state index contributed by atoms with van der Waals surface area (Å²) in [6, 6.07) is 14.0. The first-order valence-electron chi connectivity index (χ1n) is 6.50. The van der Waals surface area contributed by atoms with E-state index in [9.17, 15) is 9.59 Å². The minimum atomic E-state index is -0.296. The molecule has 0 saturated heterocycles. The maximum Gasteiger partial charge on any atom is 0.255 e. The van der Waals surface area contributed by atoms with Crippen molar-refractivity contribution < 1.29 is 14.3 Å². The van der Waals surface area contributed by atoms with E-state index in [1.54, 1.807) is 55.7 Å². The number of rotatable bonds is 3. The first-order chi connectivity index (χ1) is 10.2. The number of Topliss-reactive ketones (excluding diaryl/α,β-unsaturated/α-hetero) is 1. The lowest BCUT2D eigenvalue weighted by atomic mass is 10.1. The number of nitrogens with one attached hydrogen (secondary N) is 1. The lowest BCUT2D eigenvalue weighted by Gasteiger charge is -2.05. The zero-order chi connectivity index (χ0) is 14.8. The Labute approximate surface area is 122 Å². The number of hydrogen-bond acceptors (Lipinski definition) is 3. The molecule has 0 bridgehead atoms. The van der Waals surface area contributed by atoms with Gasteiger partial charge in [0.25, 0.3) is 5.91 Å². The maximum atomic E-state index is 12.3. The molecular formula is C17H13NO3. The molecule has 0 radical (unpaired) electrons. The summed E-state index contributed by atoms with van der Waals surface area (Å²) in [5, 5.41) is 2.66. The number of ether oxygens (including phenoxy) is 1. The molecule has 21 heavy (non-hydrogen) atoms. The predicted molar refractivity (Wildman–Crippen MR) is 79.2 cm³/mol. The Morgan fingerprint density at radius 1 is 1.10 bits per heavy atom. The first-order valence-corrected chi connectivity index (χ1v) is 6.50. The molecule has 1 N–H and O–H groups in total. The number of benzene rings is 2. The Kier molecular flexibility index (Phi) is 3.28. The monoisotopic (exact) mass is 279 g/mol. The van der Waals surface area contributed by atoms with Gasteiger partial charge in [-0.25, -0.2) is 0 Å². The third-order valence-electron chi connectivity index (χ3n) is 3.33. The number of amides is 1. The van der Waals surface area contributed by atoms with Crippen molar-refractivity contribution in [1.29, 1.82) is 0 Å². The second kappa shape index (κ2) is 5.25. The van der Waals surface area contributed by atoms with E-state index < -0.39 is 0 Å². The zero-order valence-electron chi connectivity index (χ0n) is 11.4. The maximum absolute atomic E-state index is 12.3. The minimum Gasteiger partial charge on any atom is -0.497 e. The van der Waals surface area contributed by atoms with Gasteiger partial charge in [-0.05, 0) is 35.9 Å². The summed E-state index contributed by atoms with van der Waals surface area (Å²) < 4.78 is 5.11. The highest BCUT2D eigenvalue weighted by molar-refractivity contribution is 6.19. The van der Waals surface area contributed by atoms with Crippen LogP contribution in [0.2, 0.25) is 0 Å². The molecule has 1 aliphatic rings. The molecule has 0 fully saturated rings. The number of carbonyl (C=O) groups is 2. The fourth-order valence-electron chi connectivity index (χ4n) is 2.23. The Hall–Kier alpha value is -2.88. The van der Waals surface area contributed by atoms with E-state index >= 15 is 0 Å². The van der Waals surface area contributed by atoms with Crippen LogP contribution >= 0.6 is 0 Å². The molecule has 1 aliphatic carbocycles. The van der Waals surface area contributed by atoms with Gasteiger partial charge >= 0.3 is 0 Å². The van der Waals surface area contributed by atoms with Crippen LogP contribution in [-0.2, 0) is 0 Å². The van der Waals surface area contributed by atoms with Gasteiger partial charge in [0, 0.05) is 11.1 Å². The van der Waals surface area contributed by atoms with E-state index in [-0.39, 0.29) is 17.4 Å². The van der Waals surface area contributed by atoms with E-state index in [0.717, 1.165) is 5.56 Å². The fourth-order valence-corrected chi connectivity index (χ4v) is 2.23. The summed E-state index contributed by atoms with van der Waals surface area (Å²) >= 11 is 0. The normalized spacial score (nSPS) is 12.6. The largest absolute Gasteiger partial charge is 0.497 e. The van der Waals surface area contributed by atoms with Gasteiger partial charge < -0.3 is 10.1 Å². The van der Waals surface area contributed by atoms with Crippen molar-refractivity contribution in [2.45, 2.75) is 0 Å². The van der Waals surface area contributed by atoms with Crippen molar-refractivity contribution in [3.8, 4) is 5.75 Å². The van der Waals surface area contributed by atoms with Gasteiger partial charge in [-0.2, -0.15) is 0 Å². The van der Waals surface area contributed by atoms with E-state index in [2.05, 4.69) is 5.32 Å². The molecule has 0 unspecified atom stereocenters. The molecular weight excluding hydrogens is 266 g/mol. The van der Waals surface area contributed by atoms with Crippen molar-refractivity contribution in [3.05, 3.63) is 70.9 Å². The molecule has 104 valence electrons. The molecule has 0 spiro atoms. The minimum absolute atomic E-state index is 0.201. The molecule has 0 heterocycles. The van der Waals surface area contributed by atoms with Crippen LogP contribution in [0.3, 0.4) is 0 Å². The number of carbonyl (C=O) groups excluding carboxylic acids is 2. The smallest absolute Gasteiger partial charge is 0.255 e.